The fraction of sp³-hybridized carbons (Fsp3) is 0.250. The zero-order valence-electron chi connectivity index (χ0n) is 16.6. The third-order valence-corrected chi connectivity index (χ3v) is 4.87. The Bertz CT molecular complexity index is 998. The molecular weight excluding hydrogens is 364 g/mol. The molecule has 1 aliphatic heterocycles. The Morgan fingerprint density at radius 2 is 1.83 bits per heavy atom. The molecular formula is C24H24N2O3. The molecule has 5 nitrogen and oxygen atoms in total. The average molecular weight is 388 g/mol. The summed E-state index contributed by atoms with van der Waals surface area (Å²) in [4.78, 5) is 16.3. The van der Waals surface area contributed by atoms with E-state index in [0.717, 1.165) is 29.0 Å². The Morgan fingerprint density at radius 1 is 1.07 bits per heavy atom. The van der Waals surface area contributed by atoms with Crippen molar-refractivity contribution in [1.29, 1.82) is 0 Å². The van der Waals surface area contributed by atoms with Gasteiger partial charge in [-0.3, -0.25) is 9.78 Å². The van der Waals surface area contributed by atoms with Crippen LogP contribution >= 0.6 is 0 Å². The van der Waals surface area contributed by atoms with Gasteiger partial charge in [-0.1, -0.05) is 24.3 Å². The summed E-state index contributed by atoms with van der Waals surface area (Å²) in [6, 6.07) is 17.2. The van der Waals surface area contributed by atoms with Crippen molar-refractivity contribution >= 4 is 5.91 Å². The van der Waals surface area contributed by atoms with Gasteiger partial charge in [0.2, 0.25) is 0 Å². The van der Waals surface area contributed by atoms with Crippen LogP contribution in [-0.4, -0.2) is 16.5 Å². The van der Waals surface area contributed by atoms with Crippen LogP contribution in [0.25, 0.3) is 0 Å². The van der Waals surface area contributed by atoms with Crippen LogP contribution in [-0.2, 0) is 19.6 Å². The SMILES string of the molecule is CC1(C)Cc2cccc(OCc3ccc(C(=O)NCc4ccncc4)cc3)c2O1. The molecule has 1 aliphatic rings. The van der Waals surface area contributed by atoms with Gasteiger partial charge in [0.05, 0.1) is 0 Å². The molecule has 0 atom stereocenters. The molecule has 3 aromatic rings. The number of ether oxygens (including phenoxy) is 2. The predicted molar refractivity (Wildman–Crippen MR) is 111 cm³/mol. The van der Waals surface area contributed by atoms with E-state index < -0.39 is 0 Å². The topological polar surface area (TPSA) is 60.5 Å². The number of fused-ring (bicyclic) bond motifs is 1. The Morgan fingerprint density at radius 3 is 2.59 bits per heavy atom. The van der Waals surface area contributed by atoms with Crippen molar-refractivity contribution < 1.29 is 14.3 Å². The number of hydrogen-bond donors (Lipinski definition) is 1. The van der Waals surface area contributed by atoms with Gasteiger partial charge in [-0.05, 0) is 55.3 Å². The Balaban J connectivity index is 1.35. The second-order valence-electron chi connectivity index (χ2n) is 7.81. The van der Waals surface area contributed by atoms with E-state index in [-0.39, 0.29) is 11.5 Å². The Hall–Kier alpha value is -3.34. The molecule has 0 unspecified atom stereocenters. The minimum atomic E-state index is -0.201. The number of benzene rings is 2. The van der Waals surface area contributed by atoms with E-state index in [0.29, 0.717) is 18.7 Å². The van der Waals surface area contributed by atoms with Gasteiger partial charge in [0.1, 0.15) is 12.2 Å². The molecule has 0 spiro atoms. The highest BCUT2D eigenvalue weighted by atomic mass is 16.5. The third kappa shape index (κ3) is 4.57. The molecule has 2 heterocycles. The maximum atomic E-state index is 12.3. The van der Waals surface area contributed by atoms with Crippen LogP contribution in [0.2, 0.25) is 0 Å². The van der Waals surface area contributed by atoms with Crippen LogP contribution < -0.4 is 14.8 Å². The van der Waals surface area contributed by atoms with E-state index in [1.165, 1.54) is 5.56 Å². The normalized spacial score (nSPS) is 14.0. The van der Waals surface area contributed by atoms with Crippen LogP contribution in [0, 0.1) is 0 Å². The summed E-state index contributed by atoms with van der Waals surface area (Å²) >= 11 is 0. The zero-order valence-corrected chi connectivity index (χ0v) is 16.6. The van der Waals surface area contributed by atoms with Gasteiger partial charge in [-0.2, -0.15) is 0 Å². The van der Waals surface area contributed by atoms with E-state index in [4.69, 9.17) is 9.47 Å². The molecule has 0 fully saturated rings. The summed E-state index contributed by atoms with van der Waals surface area (Å²) in [7, 11) is 0. The van der Waals surface area contributed by atoms with Crippen molar-refractivity contribution in [3.05, 3.63) is 89.2 Å². The first-order chi connectivity index (χ1) is 14.0. The van der Waals surface area contributed by atoms with Gasteiger partial charge in [0.25, 0.3) is 5.91 Å². The first kappa shape index (κ1) is 19.0. The van der Waals surface area contributed by atoms with Crippen molar-refractivity contribution in [2.45, 2.75) is 39.0 Å². The molecule has 0 radical (unpaired) electrons. The molecule has 4 rings (SSSR count). The molecule has 2 aromatic carbocycles. The molecule has 0 saturated carbocycles. The number of nitrogens with one attached hydrogen (secondary N) is 1. The van der Waals surface area contributed by atoms with E-state index in [2.05, 4.69) is 30.2 Å². The lowest BCUT2D eigenvalue weighted by Gasteiger charge is -2.18. The summed E-state index contributed by atoms with van der Waals surface area (Å²) in [5.74, 6) is 1.49. The third-order valence-electron chi connectivity index (χ3n) is 4.87. The monoisotopic (exact) mass is 388 g/mol. The first-order valence-corrected chi connectivity index (χ1v) is 9.70. The minimum absolute atomic E-state index is 0.106. The largest absolute Gasteiger partial charge is 0.485 e. The second-order valence-corrected chi connectivity index (χ2v) is 7.81. The molecule has 1 aromatic heterocycles. The minimum Gasteiger partial charge on any atom is -0.485 e. The number of rotatable bonds is 6. The number of hydrogen-bond acceptors (Lipinski definition) is 4. The number of amides is 1. The molecule has 5 heteroatoms. The quantitative estimate of drug-likeness (QED) is 0.684. The van der Waals surface area contributed by atoms with Crippen LogP contribution in [0.4, 0.5) is 0 Å². The molecule has 1 N–H and O–H groups in total. The fourth-order valence-corrected chi connectivity index (χ4v) is 3.40. The molecule has 1 amide bonds. The van der Waals surface area contributed by atoms with E-state index in [1.807, 2.05) is 48.5 Å². The van der Waals surface area contributed by atoms with Gasteiger partial charge in [-0.25, -0.2) is 0 Å². The smallest absolute Gasteiger partial charge is 0.251 e. The standard InChI is InChI=1S/C24H24N2O3/c1-24(2)14-20-4-3-5-21(22(20)29-24)28-16-18-6-8-19(9-7-18)23(27)26-15-17-10-12-25-13-11-17/h3-13H,14-16H2,1-2H3,(H,26,27). The zero-order chi connectivity index (χ0) is 20.3. The van der Waals surface area contributed by atoms with Crippen molar-refractivity contribution in [2.24, 2.45) is 0 Å². The van der Waals surface area contributed by atoms with Crippen molar-refractivity contribution in [3.8, 4) is 11.5 Å². The van der Waals surface area contributed by atoms with E-state index >= 15 is 0 Å². The maximum absolute atomic E-state index is 12.3. The molecule has 0 bridgehead atoms. The first-order valence-electron chi connectivity index (χ1n) is 9.70. The number of pyridine rings is 1. The lowest BCUT2D eigenvalue weighted by Crippen LogP contribution is -2.24. The van der Waals surface area contributed by atoms with Gasteiger partial charge in [-0.15, -0.1) is 0 Å². The lowest BCUT2D eigenvalue weighted by atomic mass is 10.0. The van der Waals surface area contributed by atoms with Crippen LogP contribution in [0.5, 0.6) is 11.5 Å². The summed E-state index contributed by atoms with van der Waals surface area (Å²) in [6.45, 7) is 5.05. The number of para-hydroxylation sites is 1. The van der Waals surface area contributed by atoms with Crippen LogP contribution in [0.1, 0.15) is 40.9 Å². The maximum Gasteiger partial charge on any atom is 0.251 e. The van der Waals surface area contributed by atoms with E-state index in [1.54, 1.807) is 12.4 Å². The highest BCUT2D eigenvalue weighted by Gasteiger charge is 2.32. The highest BCUT2D eigenvalue weighted by molar-refractivity contribution is 5.94. The van der Waals surface area contributed by atoms with Crippen LogP contribution in [0.15, 0.2) is 67.0 Å². The predicted octanol–water partition coefficient (Wildman–Crippen LogP) is 4.30. The summed E-state index contributed by atoms with van der Waals surface area (Å²) < 4.78 is 12.0. The van der Waals surface area contributed by atoms with E-state index in [9.17, 15) is 4.79 Å². The molecule has 148 valence electrons. The summed E-state index contributed by atoms with van der Waals surface area (Å²) in [5, 5.41) is 2.91. The van der Waals surface area contributed by atoms with Crippen molar-refractivity contribution in [1.82, 2.24) is 10.3 Å². The summed E-state index contributed by atoms with van der Waals surface area (Å²) in [6.07, 6.45) is 4.30. The number of carbonyl (C=O) groups is 1. The fourth-order valence-electron chi connectivity index (χ4n) is 3.40. The van der Waals surface area contributed by atoms with Crippen LogP contribution in [0.3, 0.4) is 0 Å². The number of aromatic nitrogens is 1. The summed E-state index contributed by atoms with van der Waals surface area (Å²) in [5.41, 5.74) is 3.60. The van der Waals surface area contributed by atoms with Crippen molar-refractivity contribution in [3.63, 3.8) is 0 Å². The second kappa shape index (κ2) is 7.95. The average Bonchev–Trinajstić information content (AvgIpc) is 3.06. The van der Waals surface area contributed by atoms with Gasteiger partial charge < -0.3 is 14.8 Å². The lowest BCUT2D eigenvalue weighted by molar-refractivity contribution is 0.0951. The Labute approximate surface area is 170 Å². The number of carbonyl (C=O) groups excluding carboxylic acids is 1. The Kier molecular flexibility index (Phi) is 5.21. The highest BCUT2D eigenvalue weighted by Crippen LogP contribution is 2.41. The van der Waals surface area contributed by atoms with Gasteiger partial charge in [0, 0.05) is 36.5 Å². The molecule has 29 heavy (non-hydrogen) atoms. The van der Waals surface area contributed by atoms with Gasteiger partial charge in [0.15, 0.2) is 11.5 Å². The number of nitrogens with zero attached hydrogens (tertiary/aromatic N) is 1. The van der Waals surface area contributed by atoms with Crippen molar-refractivity contribution in [2.75, 3.05) is 0 Å². The molecule has 0 saturated heterocycles. The van der Waals surface area contributed by atoms with Gasteiger partial charge >= 0.3 is 0 Å². The molecule has 0 aliphatic carbocycles.